The van der Waals surface area contributed by atoms with Gasteiger partial charge in [-0.05, 0) is 11.6 Å². The maximum Gasteiger partial charge on any atom is 0.269 e. The number of rotatable bonds is 3. The van der Waals surface area contributed by atoms with Gasteiger partial charge >= 0.3 is 0 Å². The van der Waals surface area contributed by atoms with Crippen LogP contribution < -0.4 is 0 Å². The second-order valence-corrected chi connectivity index (χ2v) is 2.81. The maximum absolute atomic E-state index is 10.3. The zero-order chi connectivity index (χ0) is 9.84. The molecule has 1 aromatic carbocycles. The third kappa shape index (κ3) is 2.26. The van der Waals surface area contributed by atoms with Crippen LogP contribution in [0, 0.1) is 10.1 Å². The number of hydrogen-bond donors (Lipinski definition) is 0. The Bertz CT molecular complexity index is 351. The molecule has 0 aliphatic carbocycles. The normalized spacial score (nSPS) is 9.62. The lowest BCUT2D eigenvalue weighted by molar-refractivity contribution is -0.384. The number of aldehydes is 1. The van der Waals surface area contributed by atoms with Crippen molar-refractivity contribution in [3.8, 4) is 0 Å². The number of benzene rings is 1. The molecule has 0 heterocycles. The van der Waals surface area contributed by atoms with Crippen LogP contribution in [0.25, 0.3) is 0 Å². The summed E-state index contributed by atoms with van der Waals surface area (Å²) >= 11 is 5.70. The smallest absolute Gasteiger partial charge is 0.269 e. The molecule has 0 amide bonds. The predicted molar refractivity (Wildman–Crippen MR) is 47.9 cm³/mol. The minimum Gasteiger partial charge on any atom is -0.303 e. The van der Waals surface area contributed by atoms with Gasteiger partial charge in [-0.15, -0.1) is 0 Å². The van der Waals surface area contributed by atoms with Crippen LogP contribution in [0.1, 0.15) is 5.56 Å². The molecule has 0 saturated heterocycles. The lowest BCUT2D eigenvalue weighted by atomic mass is 10.1. The summed E-state index contributed by atoms with van der Waals surface area (Å²) < 4.78 is 0. The number of hydrogen-bond acceptors (Lipinski definition) is 3. The highest BCUT2D eigenvalue weighted by Crippen LogP contribution is 2.21. The van der Waals surface area contributed by atoms with Gasteiger partial charge in [-0.2, -0.15) is 0 Å². The Morgan fingerprint density at radius 2 is 2.23 bits per heavy atom. The van der Waals surface area contributed by atoms with Crippen molar-refractivity contribution in [3.63, 3.8) is 0 Å². The topological polar surface area (TPSA) is 60.2 Å². The van der Waals surface area contributed by atoms with Crippen LogP contribution in [0.5, 0.6) is 0 Å². The molecule has 1 aromatic rings. The van der Waals surface area contributed by atoms with Crippen molar-refractivity contribution < 1.29 is 9.72 Å². The Morgan fingerprint density at radius 3 is 2.77 bits per heavy atom. The van der Waals surface area contributed by atoms with E-state index in [2.05, 4.69) is 0 Å². The lowest BCUT2D eigenvalue weighted by Gasteiger charge is -1.98. The predicted octanol–water partition coefficient (Wildman–Crippen LogP) is 1.99. The first-order chi connectivity index (χ1) is 6.15. The van der Waals surface area contributed by atoms with Crippen LogP contribution in [0.3, 0.4) is 0 Å². The molecule has 0 atom stereocenters. The van der Waals surface area contributed by atoms with Crippen molar-refractivity contribution in [3.05, 3.63) is 38.9 Å². The number of non-ortho nitro benzene ring substituents is 1. The Labute approximate surface area is 79.3 Å². The van der Waals surface area contributed by atoms with Crippen molar-refractivity contribution in [1.82, 2.24) is 0 Å². The van der Waals surface area contributed by atoms with E-state index >= 15 is 0 Å². The van der Waals surface area contributed by atoms with Gasteiger partial charge in [-0.3, -0.25) is 10.1 Å². The first kappa shape index (κ1) is 9.67. The Kier molecular flexibility index (Phi) is 2.97. The van der Waals surface area contributed by atoms with E-state index in [1.165, 1.54) is 18.2 Å². The monoisotopic (exact) mass is 199 g/mol. The summed E-state index contributed by atoms with van der Waals surface area (Å²) in [5, 5.41) is 10.7. The standard InChI is InChI=1S/C8H6ClNO3/c9-8-2-1-7(10(12)13)5-6(8)3-4-11/h1-2,4-5H,3H2. The summed E-state index contributed by atoms with van der Waals surface area (Å²) in [6.07, 6.45) is 0.755. The van der Waals surface area contributed by atoms with Crippen LogP contribution in [-0.2, 0) is 11.2 Å². The zero-order valence-electron chi connectivity index (χ0n) is 6.57. The molecule has 0 fully saturated rings. The number of nitro benzene ring substituents is 1. The molecule has 0 saturated carbocycles. The molecule has 1 rings (SSSR count). The number of carbonyl (C=O) groups excluding carboxylic acids is 1. The third-order valence-corrected chi connectivity index (χ3v) is 1.91. The van der Waals surface area contributed by atoms with Crippen molar-refractivity contribution in [2.45, 2.75) is 6.42 Å². The van der Waals surface area contributed by atoms with E-state index in [1.54, 1.807) is 0 Å². The summed E-state index contributed by atoms with van der Waals surface area (Å²) in [5.74, 6) is 0. The van der Waals surface area contributed by atoms with E-state index in [9.17, 15) is 14.9 Å². The van der Waals surface area contributed by atoms with Crippen molar-refractivity contribution in [1.29, 1.82) is 0 Å². The average Bonchev–Trinajstić information content (AvgIpc) is 2.08. The second-order valence-electron chi connectivity index (χ2n) is 2.40. The molecule has 0 aromatic heterocycles. The lowest BCUT2D eigenvalue weighted by Crippen LogP contribution is -1.92. The minimum atomic E-state index is -0.523. The zero-order valence-corrected chi connectivity index (χ0v) is 7.32. The molecule has 0 bridgehead atoms. The Morgan fingerprint density at radius 1 is 1.54 bits per heavy atom. The highest BCUT2D eigenvalue weighted by Gasteiger charge is 2.08. The third-order valence-electron chi connectivity index (χ3n) is 1.54. The van der Waals surface area contributed by atoms with Crippen molar-refractivity contribution in [2.24, 2.45) is 0 Å². The van der Waals surface area contributed by atoms with E-state index in [-0.39, 0.29) is 12.1 Å². The molecule has 0 unspecified atom stereocenters. The first-order valence-electron chi connectivity index (χ1n) is 3.51. The van der Waals surface area contributed by atoms with Crippen molar-refractivity contribution in [2.75, 3.05) is 0 Å². The minimum absolute atomic E-state index is 0.0544. The molecule has 0 aliphatic heterocycles. The van der Waals surface area contributed by atoms with Crippen molar-refractivity contribution >= 4 is 23.6 Å². The molecule has 13 heavy (non-hydrogen) atoms. The van der Waals surface area contributed by atoms with Gasteiger partial charge in [0.15, 0.2) is 0 Å². The van der Waals surface area contributed by atoms with Gasteiger partial charge in [-0.25, -0.2) is 0 Å². The van der Waals surface area contributed by atoms with E-state index in [4.69, 9.17) is 11.6 Å². The van der Waals surface area contributed by atoms with Crippen LogP contribution in [0.2, 0.25) is 5.02 Å². The number of halogens is 1. The van der Waals surface area contributed by atoms with Gasteiger partial charge in [0.1, 0.15) is 6.29 Å². The Balaban J connectivity index is 3.10. The fourth-order valence-electron chi connectivity index (χ4n) is 0.921. The van der Waals surface area contributed by atoms with E-state index in [1.807, 2.05) is 0 Å². The number of carbonyl (C=O) groups is 1. The number of nitro groups is 1. The molecule has 0 N–H and O–H groups in total. The van der Waals surface area contributed by atoms with Crippen LogP contribution in [-0.4, -0.2) is 11.2 Å². The van der Waals surface area contributed by atoms with Crippen LogP contribution >= 0.6 is 11.6 Å². The summed E-state index contributed by atoms with van der Waals surface area (Å²) in [6, 6.07) is 4.02. The molecule has 68 valence electrons. The van der Waals surface area contributed by atoms with Gasteiger partial charge < -0.3 is 4.79 Å². The largest absolute Gasteiger partial charge is 0.303 e. The van der Waals surface area contributed by atoms with Gasteiger partial charge in [-0.1, -0.05) is 11.6 Å². The summed E-state index contributed by atoms with van der Waals surface area (Å²) in [6.45, 7) is 0. The average molecular weight is 200 g/mol. The Hall–Kier alpha value is -1.42. The molecule has 0 spiro atoms. The quantitative estimate of drug-likeness (QED) is 0.425. The van der Waals surface area contributed by atoms with Gasteiger partial charge in [0.2, 0.25) is 0 Å². The summed E-state index contributed by atoms with van der Waals surface area (Å²) in [5.41, 5.74) is 0.423. The molecular weight excluding hydrogens is 194 g/mol. The molecular formula is C8H6ClNO3. The fraction of sp³-hybridized carbons (Fsp3) is 0.125. The maximum atomic E-state index is 10.3. The second kappa shape index (κ2) is 4.00. The van der Waals surface area contributed by atoms with E-state index in [0.29, 0.717) is 16.9 Å². The van der Waals surface area contributed by atoms with Gasteiger partial charge in [0, 0.05) is 23.6 Å². The van der Waals surface area contributed by atoms with E-state index < -0.39 is 4.92 Å². The summed E-state index contributed by atoms with van der Waals surface area (Å²) in [7, 11) is 0. The molecule has 5 heteroatoms. The molecule has 4 nitrogen and oxygen atoms in total. The van der Waals surface area contributed by atoms with Gasteiger partial charge in [0.25, 0.3) is 5.69 Å². The summed E-state index contributed by atoms with van der Waals surface area (Å²) in [4.78, 5) is 20.0. The van der Waals surface area contributed by atoms with Gasteiger partial charge in [0.05, 0.1) is 4.92 Å². The fourth-order valence-corrected chi connectivity index (χ4v) is 1.12. The highest BCUT2D eigenvalue weighted by molar-refractivity contribution is 6.31. The van der Waals surface area contributed by atoms with Crippen LogP contribution in [0.15, 0.2) is 18.2 Å². The van der Waals surface area contributed by atoms with E-state index in [0.717, 1.165) is 0 Å². The SMILES string of the molecule is O=CCc1cc([N+](=O)[O-])ccc1Cl. The first-order valence-corrected chi connectivity index (χ1v) is 3.89. The molecule has 0 radical (unpaired) electrons. The number of nitrogens with zero attached hydrogens (tertiary/aromatic N) is 1. The molecule has 0 aliphatic rings. The van der Waals surface area contributed by atoms with Crippen LogP contribution in [0.4, 0.5) is 5.69 Å². The highest BCUT2D eigenvalue weighted by atomic mass is 35.5.